The van der Waals surface area contributed by atoms with E-state index in [1.807, 2.05) is 61.4 Å². The van der Waals surface area contributed by atoms with Gasteiger partial charge in [-0.25, -0.2) is 15.0 Å². The molecule has 0 spiro atoms. The van der Waals surface area contributed by atoms with Gasteiger partial charge in [0, 0.05) is 44.3 Å². The van der Waals surface area contributed by atoms with Crippen LogP contribution in [0.5, 0.6) is 0 Å². The first-order valence-corrected chi connectivity index (χ1v) is 17.6. The largest absolute Gasteiger partial charge is 0.456 e. The molecule has 8 nitrogen and oxygen atoms in total. The standard InChI is InChI=1S/C45H27N7O/c1-4-10-41-36(7-1)46-25-49(41)28-13-17-39-32(21-28)33-22-29(50-26-47-37-8-2-5-11-42(37)50)14-18-40(33)52(39)31-16-20-45-35(24-31)34-23-30(15-19-44(34)53-45)51-27-48-38-9-3-6-12-43(38)51/h1-27H. The number of fused-ring (bicyclic) bond motifs is 9. The van der Waals surface area contributed by atoms with E-state index in [1.165, 1.54) is 0 Å². The van der Waals surface area contributed by atoms with Gasteiger partial charge in [-0.3, -0.25) is 13.7 Å². The van der Waals surface area contributed by atoms with E-state index in [1.54, 1.807) is 0 Å². The quantitative estimate of drug-likeness (QED) is 0.185. The predicted molar refractivity (Wildman–Crippen MR) is 212 cm³/mol. The number of benzene rings is 7. The molecule has 5 aromatic heterocycles. The first-order chi connectivity index (χ1) is 26.2. The SMILES string of the molecule is c1ccc2c(c1)ncn2-c1ccc2oc3ccc(-n4c5ccc(-n6cnc7ccccc76)cc5c5cc(-n6cnc7ccccc76)ccc54)cc3c2c1. The fourth-order valence-electron chi connectivity index (χ4n) is 8.11. The Morgan fingerprint density at radius 1 is 0.340 bits per heavy atom. The predicted octanol–water partition coefficient (Wildman–Crippen LogP) is 10.7. The zero-order valence-corrected chi connectivity index (χ0v) is 28.1. The summed E-state index contributed by atoms with van der Waals surface area (Å²) >= 11 is 0. The van der Waals surface area contributed by atoms with E-state index < -0.39 is 0 Å². The molecule has 12 rings (SSSR count). The Balaban J connectivity index is 1.09. The lowest BCUT2D eigenvalue weighted by Gasteiger charge is -2.10. The van der Waals surface area contributed by atoms with Crippen molar-refractivity contribution < 1.29 is 4.42 Å². The van der Waals surface area contributed by atoms with Gasteiger partial charge in [0.25, 0.3) is 0 Å². The van der Waals surface area contributed by atoms with E-state index in [0.29, 0.717) is 0 Å². The van der Waals surface area contributed by atoms with Crippen molar-refractivity contribution in [3.8, 4) is 22.7 Å². The van der Waals surface area contributed by atoms with Crippen LogP contribution in [0.4, 0.5) is 0 Å². The molecule has 0 N–H and O–H groups in total. The third-order valence-electron chi connectivity index (χ3n) is 10.6. The molecule has 7 aromatic carbocycles. The van der Waals surface area contributed by atoms with Crippen LogP contribution in [0.25, 0.3) is 99.6 Å². The minimum atomic E-state index is 0.848. The molecule has 0 unspecified atom stereocenters. The maximum atomic E-state index is 6.39. The molecule has 0 aliphatic carbocycles. The highest BCUT2D eigenvalue weighted by Gasteiger charge is 2.18. The number of furan rings is 1. The van der Waals surface area contributed by atoms with Crippen LogP contribution in [0.3, 0.4) is 0 Å². The highest BCUT2D eigenvalue weighted by Crippen LogP contribution is 2.38. The van der Waals surface area contributed by atoms with Gasteiger partial charge in [0.05, 0.1) is 44.1 Å². The van der Waals surface area contributed by atoms with Crippen LogP contribution >= 0.6 is 0 Å². The molecular formula is C45H27N7O. The molecule has 0 bridgehead atoms. The van der Waals surface area contributed by atoms with Crippen molar-refractivity contribution in [2.75, 3.05) is 0 Å². The normalized spacial score (nSPS) is 12.2. The Bertz CT molecular complexity index is 3300. The minimum absolute atomic E-state index is 0.848. The second-order valence-corrected chi connectivity index (χ2v) is 13.5. The number of hydrogen-bond donors (Lipinski definition) is 0. The van der Waals surface area contributed by atoms with Gasteiger partial charge >= 0.3 is 0 Å². The van der Waals surface area contributed by atoms with Crippen LogP contribution in [0.2, 0.25) is 0 Å². The average Bonchev–Trinajstić information content (AvgIpc) is 4.04. The molecule has 0 radical (unpaired) electrons. The third-order valence-corrected chi connectivity index (χ3v) is 10.6. The molecule has 0 saturated heterocycles. The summed E-state index contributed by atoms with van der Waals surface area (Å²) < 4.78 is 15.2. The fourth-order valence-corrected chi connectivity index (χ4v) is 8.11. The van der Waals surface area contributed by atoms with Crippen molar-refractivity contribution in [1.82, 2.24) is 33.2 Å². The molecule has 0 aliphatic heterocycles. The lowest BCUT2D eigenvalue weighted by atomic mass is 10.1. The van der Waals surface area contributed by atoms with Crippen molar-refractivity contribution in [3.63, 3.8) is 0 Å². The summed E-state index contributed by atoms with van der Waals surface area (Å²) in [4.78, 5) is 14.0. The maximum Gasteiger partial charge on any atom is 0.135 e. The van der Waals surface area contributed by atoms with E-state index in [9.17, 15) is 0 Å². The maximum absolute atomic E-state index is 6.39. The molecule has 12 aromatic rings. The first kappa shape index (κ1) is 28.3. The molecule has 5 heterocycles. The average molecular weight is 682 g/mol. The van der Waals surface area contributed by atoms with Crippen molar-refractivity contribution in [2.24, 2.45) is 0 Å². The Morgan fingerprint density at radius 3 is 1.19 bits per heavy atom. The molecule has 0 aliphatic rings. The number of imidazole rings is 3. The first-order valence-electron chi connectivity index (χ1n) is 17.6. The van der Waals surface area contributed by atoms with Crippen molar-refractivity contribution in [1.29, 1.82) is 0 Å². The van der Waals surface area contributed by atoms with Gasteiger partial charge in [0.15, 0.2) is 0 Å². The summed E-state index contributed by atoms with van der Waals surface area (Å²) in [5.41, 5.74) is 14.2. The number of hydrogen-bond acceptors (Lipinski definition) is 4. The van der Waals surface area contributed by atoms with Gasteiger partial charge < -0.3 is 8.98 Å². The molecule has 0 saturated carbocycles. The van der Waals surface area contributed by atoms with Crippen LogP contribution in [0, 0.1) is 0 Å². The molecule has 8 heteroatoms. The summed E-state index contributed by atoms with van der Waals surface area (Å²) in [5, 5.41) is 4.41. The highest BCUT2D eigenvalue weighted by atomic mass is 16.3. The van der Waals surface area contributed by atoms with Crippen LogP contribution < -0.4 is 0 Å². The topological polar surface area (TPSA) is 71.5 Å². The van der Waals surface area contributed by atoms with Gasteiger partial charge in [-0.2, -0.15) is 0 Å². The van der Waals surface area contributed by atoms with E-state index in [4.69, 9.17) is 4.42 Å². The van der Waals surface area contributed by atoms with Gasteiger partial charge in [-0.05, 0) is 109 Å². The number of para-hydroxylation sites is 6. The molecule has 53 heavy (non-hydrogen) atoms. The van der Waals surface area contributed by atoms with Crippen LogP contribution in [-0.4, -0.2) is 33.2 Å². The number of aromatic nitrogens is 7. The van der Waals surface area contributed by atoms with Gasteiger partial charge in [-0.1, -0.05) is 36.4 Å². The Morgan fingerprint density at radius 2 is 0.717 bits per heavy atom. The van der Waals surface area contributed by atoms with E-state index in [-0.39, 0.29) is 0 Å². The molecule has 248 valence electrons. The molecule has 0 amide bonds. The van der Waals surface area contributed by atoms with Crippen molar-refractivity contribution in [3.05, 3.63) is 165 Å². The molecule has 0 atom stereocenters. The van der Waals surface area contributed by atoms with Crippen molar-refractivity contribution in [2.45, 2.75) is 0 Å². The lowest BCUT2D eigenvalue weighted by molar-refractivity contribution is 0.669. The van der Waals surface area contributed by atoms with Gasteiger partial charge in [0.2, 0.25) is 0 Å². The zero-order chi connectivity index (χ0) is 34.6. The Hall–Kier alpha value is -7.45. The fraction of sp³-hybridized carbons (Fsp3) is 0. The minimum Gasteiger partial charge on any atom is -0.456 e. The van der Waals surface area contributed by atoms with Crippen molar-refractivity contribution >= 4 is 76.8 Å². The Labute approximate surface area is 301 Å². The summed E-state index contributed by atoms with van der Waals surface area (Å²) in [6.45, 7) is 0. The summed E-state index contributed by atoms with van der Waals surface area (Å²) in [6.07, 6.45) is 5.71. The zero-order valence-electron chi connectivity index (χ0n) is 28.1. The third kappa shape index (κ3) is 4.08. The second-order valence-electron chi connectivity index (χ2n) is 13.5. The number of nitrogens with zero attached hydrogens (tertiary/aromatic N) is 7. The molecule has 0 fully saturated rings. The molecular weight excluding hydrogens is 655 g/mol. The van der Waals surface area contributed by atoms with E-state index in [2.05, 4.69) is 136 Å². The summed E-state index contributed by atoms with van der Waals surface area (Å²) in [5.74, 6) is 0. The lowest BCUT2D eigenvalue weighted by Crippen LogP contribution is -1.95. The summed E-state index contributed by atoms with van der Waals surface area (Å²) in [7, 11) is 0. The van der Waals surface area contributed by atoms with E-state index >= 15 is 0 Å². The smallest absolute Gasteiger partial charge is 0.135 e. The monoisotopic (exact) mass is 681 g/mol. The Kier molecular flexibility index (Phi) is 5.62. The van der Waals surface area contributed by atoms with Gasteiger partial charge in [0.1, 0.15) is 30.1 Å². The van der Waals surface area contributed by atoms with E-state index in [0.717, 1.165) is 99.6 Å². The van der Waals surface area contributed by atoms with Gasteiger partial charge in [-0.15, -0.1) is 0 Å². The van der Waals surface area contributed by atoms with Crippen LogP contribution in [0.1, 0.15) is 0 Å². The second kappa shape index (κ2) is 10.5. The van der Waals surface area contributed by atoms with Crippen LogP contribution in [0.15, 0.2) is 169 Å². The summed E-state index contributed by atoms with van der Waals surface area (Å²) in [6, 6.07) is 50.9. The highest BCUT2D eigenvalue weighted by molar-refractivity contribution is 6.12. The van der Waals surface area contributed by atoms with Crippen LogP contribution in [-0.2, 0) is 0 Å². The number of rotatable bonds is 4.